The van der Waals surface area contributed by atoms with Gasteiger partial charge >= 0.3 is 0 Å². The molecule has 27 heavy (non-hydrogen) atoms. The van der Waals surface area contributed by atoms with E-state index in [0.29, 0.717) is 0 Å². The van der Waals surface area contributed by atoms with E-state index in [1.54, 1.807) is 14.2 Å². The quantitative estimate of drug-likeness (QED) is 0.650. The molecule has 3 nitrogen and oxygen atoms in total. The number of hydrogen-bond acceptors (Lipinski definition) is 3. The minimum absolute atomic E-state index is 0.204. The third kappa shape index (κ3) is 3.56. The lowest BCUT2D eigenvalue weighted by Crippen LogP contribution is -2.35. The summed E-state index contributed by atoms with van der Waals surface area (Å²) in [7, 11) is 3.40. The first-order chi connectivity index (χ1) is 13.3. The second-order valence-corrected chi connectivity index (χ2v) is 6.93. The smallest absolute Gasteiger partial charge is 0.161 e. The van der Waals surface area contributed by atoms with Crippen LogP contribution in [0.2, 0.25) is 0 Å². The summed E-state index contributed by atoms with van der Waals surface area (Å²) >= 11 is 0. The summed E-state index contributed by atoms with van der Waals surface area (Å²) in [6.07, 6.45) is 1.01. The van der Waals surface area contributed by atoms with Crippen molar-refractivity contribution in [2.75, 3.05) is 20.8 Å². The zero-order valence-electron chi connectivity index (χ0n) is 15.9. The van der Waals surface area contributed by atoms with E-state index in [1.165, 1.54) is 22.3 Å². The lowest BCUT2D eigenvalue weighted by atomic mass is 9.87. The molecular formula is C24H25NO2. The van der Waals surface area contributed by atoms with E-state index in [4.69, 9.17) is 9.47 Å². The Morgan fingerprint density at radius 1 is 0.852 bits per heavy atom. The third-order valence-corrected chi connectivity index (χ3v) is 5.32. The number of hydrogen-bond donors (Lipinski definition) is 0. The molecular weight excluding hydrogens is 334 g/mol. The van der Waals surface area contributed by atoms with Gasteiger partial charge in [-0.1, -0.05) is 60.7 Å². The summed E-state index contributed by atoms with van der Waals surface area (Å²) in [4.78, 5) is 2.55. The summed E-state index contributed by atoms with van der Waals surface area (Å²) in [6.45, 7) is 1.94. The summed E-state index contributed by atoms with van der Waals surface area (Å²) < 4.78 is 11.1. The predicted molar refractivity (Wildman–Crippen MR) is 108 cm³/mol. The van der Waals surface area contributed by atoms with Gasteiger partial charge in [0.1, 0.15) is 0 Å². The highest BCUT2D eigenvalue weighted by Crippen LogP contribution is 2.41. The van der Waals surface area contributed by atoms with Gasteiger partial charge in [0.15, 0.2) is 11.5 Å². The van der Waals surface area contributed by atoms with Gasteiger partial charge in [-0.2, -0.15) is 0 Å². The molecule has 0 amide bonds. The Bertz CT molecular complexity index is 893. The predicted octanol–water partition coefficient (Wildman–Crippen LogP) is 4.85. The second-order valence-electron chi connectivity index (χ2n) is 6.93. The van der Waals surface area contributed by atoms with Crippen molar-refractivity contribution in [3.05, 3.63) is 95.1 Å². The molecule has 0 aliphatic carbocycles. The number of nitrogens with zero attached hydrogens (tertiary/aromatic N) is 1. The van der Waals surface area contributed by atoms with Crippen LogP contribution < -0.4 is 9.47 Å². The molecule has 1 heterocycles. The van der Waals surface area contributed by atoms with E-state index in [0.717, 1.165) is 31.0 Å². The Balaban J connectivity index is 1.79. The Morgan fingerprint density at radius 2 is 1.48 bits per heavy atom. The molecule has 3 aromatic carbocycles. The lowest BCUT2D eigenvalue weighted by Gasteiger charge is -2.38. The Hall–Kier alpha value is -2.78. The first-order valence-corrected chi connectivity index (χ1v) is 9.38. The Morgan fingerprint density at radius 3 is 2.15 bits per heavy atom. The molecule has 0 spiro atoms. The molecule has 0 saturated heterocycles. The second kappa shape index (κ2) is 7.85. The normalized spacial score (nSPS) is 16.6. The topological polar surface area (TPSA) is 21.7 Å². The van der Waals surface area contributed by atoms with Crippen molar-refractivity contribution in [3.63, 3.8) is 0 Å². The Labute approximate surface area is 161 Å². The molecule has 0 N–H and O–H groups in total. The minimum Gasteiger partial charge on any atom is -0.493 e. The van der Waals surface area contributed by atoms with Crippen molar-refractivity contribution >= 4 is 0 Å². The minimum atomic E-state index is 0.204. The van der Waals surface area contributed by atoms with Gasteiger partial charge in [-0.25, -0.2) is 0 Å². The fourth-order valence-corrected chi connectivity index (χ4v) is 4.01. The summed E-state index contributed by atoms with van der Waals surface area (Å²) in [5.41, 5.74) is 5.29. The fourth-order valence-electron chi connectivity index (χ4n) is 4.01. The highest BCUT2D eigenvalue weighted by atomic mass is 16.5. The van der Waals surface area contributed by atoms with Crippen LogP contribution in [-0.2, 0) is 13.0 Å². The summed E-state index contributed by atoms with van der Waals surface area (Å²) in [6, 6.07) is 25.9. The number of rotatable bonds is 5. The summed E-state index contributed by atoms with van der Waals surface area (Å²) in [5.74, 6) is 1.60. The van der Waals surface area contributed by atoms with Gasteiger partial charge in [-0.05, 0) is 40.8 Å². The van der Waals surface area contributed by atoms with Crippen molar-refractivity contribution in [2.45, 2.75) is 19.0 Å². The number of methoxy groups -OCH3 is 2. The number of fused-ring (bicyclic) bond motifs is 1. The van der Waals surface area contributed by atoms with Gasteiger partial charge < -0.3 is 9.47 Å². The highest BCUT2D eigenvalue weighted by molar-refractivity contribution is 5.51. The molecule has 1 aliphatic heterocycles. The van der Waals surface area contributed by atoms with Gasteiger partial charge in [-0.15, -0.1) is 0 Å². The molecule has 0 unspecified atom stereocenters. The monoisotopic (exact) mass is 359 g/mol. The highest BCUT2D eigenvalue weighted by Gasteiger charge is 2.30. The van der Waals surface area contributed by atoms with Crippen LogP contribution in [0.4, 0.5) is 0 Å². The molecule has 4 rings (SSSR count). The molecule has 0 aromatic heterocycles. The van der Waals surface area contributed by atoms with Crippen LogP contribution in [0.5, 0.6) is 11.5 Å². The van der Waals surface area contributed by atoms with Crippen molar-refractivity contribution in [2.24, 2.45) is 0 Å². The van der Waals surface area contributed by atoms with Crippen molar-refractivity contribution in [3.8, 4) is 11.5 Å². The van der Waals surface area contributed by atoms with E-state index in [2.05, 4.69) is 77.7 Å². The van der Waals surface area contributed by atoms with E-state index >= 15 is 0 Å². The van der Waals surface area contributed by atoms with E-state index < -0.39 is 0 Å². The number of ether oxygens (including phenoxy) is 2. The van der Waals surface area contributed by atoms with Crippen molar-refractivity contribution < 1.29 is 9.47 Å². The van der Waals surface area contributed by atoms with Crippen LogP contribution in [0.15, 0.2) is 72.8 Å². The largest absolute Gasteiger partial charge is 0.493 e. The molecule has 3 heteroatoms. The van der Waals surface area contributed by atoms with Crippen LogP contribution in [0, 0.1) is 0 Å². The molecule has 0 bridgehead atoms. The SMILES string of the molecule is COc1cc2c(cc1OC)[C@@H](c1ccccc1)N(Cc1ccccc1)CC2. The first kappa shape index (κ1) is 17.6. The molecule has 0 radical (unpaired) electrons. The molecule has 138 valence electrons. The zero-order valence-corrected chi connectivity index (χ0v) is 15.9. The van der Waals surface area contributed by atoms with E-state index in [-0.39, 0.29) is 6.04 Å². The molecule has 1 atom stereocenters. The van der Waals surface area contributed by atoms with Gasteiger partial charge in [-0.3, -0.25) is 4.90 Å². The lowest BCUT2D eigenvalue weighted by molar-refractivity contribution is 0.203. The van der Waals surface area contributed by atoms with Crippen LogP contribution in [0.1, 0.15) is 28.3 Å². The van der Waals surface area contributed by atoms with E-state index in [9.17, 15) is 0 Å². The van der Waals surface area contributed by atoms with Gasteiger partial charge in [0.2, 0.25) is 0 Å². The molecule has 1 aliphatic rings. The zero-order chi connectivity index (χ0) is 18.6. The number of benzene rings is 3. The van der Waals surface area contributed by atoms with Crippen LogP contribution >= 0.6 is 0 Å². The van der Waals surface area contributed by atoms with Crippen LogP contribution in [-0.4, -0.2) is 25.7 Å². The average molecular weight is 359 g/mol. The van der Waals surface area contributed by atoms with Gasteiger partial charge in [0.25, 0.3) is 0 Å². The van der Waals surface area contributed by atoms with Gasteiger partial charge in [0.05, 0.1) is 20.3 Å². The van der Waals surface area contributed by atoms with Crippen LogP contribution in [0.3, 0.4) is 0 Å². The van der Waals surface area contributed by atoms with Crippen molar-refractivity contribution in [1.82, 2.24) is 4.90 Å². The molecule has 0 saturated carbocycles. The van der Waals surface area contributed by atoms with Crippen LogP contribution in [0.25, 0.3) is 0 Å². The molecule has 3 aromatic rings. The average Bonchev–Trinajstić information content (AvgIpc) is 2.74. The molecule has 0 fully saturated rings. The van der Waals surface area contributed by atoms with Crippen molar-refractivity contribution in [1.29, 1.82) is 0 Å². The first-order valence-electron chi connectivity index (χ1n) is 9.38. The fraction of sp³-hybridized carbons (Fsp3) is 0.250. The third-order valence-electron chi connectivity index (χ3n) is 5.32. The Kier molecular flexibility index (Phi) is 5.12. The maximum absolute atomic E-state index is 5.60. The van der Waals surface area contributed by atoms with E-state index in [1.807, 2.05) is 0 Å². The standard InChI is InChI=1S/C24H25NO2/c1-26-22-15-20-13-14-25(17-18-9-5-3-6-10-18)24(19-11-7-4-8-12-19)21(20)16-23(22)27-2/h3-12,15-16,24H,13-14,17H2,1-2H3/t24-/m1/s1. The maximum Gasteiger partial charge on any atom is 0.161 e. The maximum atomic E-state index is 5.60. The summed E-state index contributed by atoms with van der Waals surface area (Å²) in [5, 5.41) is 0. The van der Waals surface area contributed by atoms with Gasteiger partial charge in [0, 0.05) is 13.1 Å².